The van der Waals surface area contributed by atoms with E-state index in [0.29, 0.717) is 39.7 Å². The average Bonchev–Trinajstić information content (AvgIpc) is 3.14. The molecule has 2 aromatic carbocycles. The molecule has 26 heavy (non-hydrogen) atoms. The maximum Gasteiger partial charge on any atom is 0.163 e. The standard InChI is InChI=1S/C20H22Cl2FNO2/c1-25-19-9-13(11-24-14-5-2-3-6-14)17(22)10-20(19)26-12-15-16(21)7-4-8-18(15)23/h4,7-10,14,24H,2-3,5-6,11-12H2,1H3. The molecule has 0 amide bonds. The van der Waals surface area contributed by atoms with Gasteiger partial charge in [-0.1, -0.05) is 42.1 Å². The van der Waals surface area contributed by atoms with Crippen LogP contribution in [0.2, 0.25) is 10.0 Å². The summed E-state index contributed by atoms with van der Waals surface area (Å²) in [5.41, 5.74) is 1.26. The number of nitrogens with one attached hydrogen (secondary N) is 1. The van der Waals surface area contributed by atoms with Crippen molar-refractivity contribution in [2.75, 3.05) is 7.11 Å². The zero-order valence-corrected chi connectivity index (χ0v) is 16.2. The maximum atomic E-state index is 13.9. The first-order valence-corrected chi connectivity index (χ1v) is 9.49. The van der Waals surface area contributed by atoms with Crippen LogP contribution in [0.25, 0.3) is 0 Å². The van der Waals surface area contributed by atoms with Gasteiger partial charge in [0.25, 0.3) is 0 Å². The highest BCUT2D eigenvalue weighted by Crippen LogP contribution is 2.35. The monoisotopic (exact) mass is 397 g/mol. The number of benzene rings is 2. The predicted molar refractivity (Wildman–Crippen MR) is 103 cm³/mol. The molecule has 0 radical (unpaired) electrons. The molecule has 1 fully saturated rings. The van der Waals surface area contributed by atoms with Gasteiger partial charge in [0.1, 0.15) is 12.4 Å². The van der Waals surface area contributed by atoms with Crippen LogP contribution in [0.5, 0.6) is 11.5 Å². The van der Waals surface area contributed by atoms with E-state index in [1.807, 2.05) is 6.07 Å². The topological polar surface area (TPSA) is 30.5 Å². The number of methoxy groups -OCH3 is 1. The van der Waals surface area contributed by atoms with Crippen molar-refractivity contribution in [1.29, 1.82) is 0 Å². The minimum Gasteiger partial charge on any atom is -0.493 e. The number of ether oxygens (including phenoxy) is 2. The van der Waals surface area contributed by atoms with E-state index < -0.39 is 5.82 Å². The molecule has 1 saturated carbocycles. The van der Waals surface area contributed by atoms with E-state index >= 15 is 0 Å². The van der Waals surface area contributed by atoms with Gasteiger partial charge in [-0.05, 0) is 36.6 Å². The summed E-state index contributed by atoms with van der Waals surface area (Å²) in [4.78, 5) is 0. The number of hydrogen-bond donors (Lipinski definition) is 1. The van der Waals surface area contributed by atoms with Gasteiger partial charge in [-0.3, -0.25) is 0 Å². The molecule has 3 rings (SSSR count). The zero-order valence-electron chi connectivity index (χ0n) is 14.7. The van der Waals surface area contributed by atoms with Gasteiger partial charge < -0.3 is 14.8 Å². The van der Waals surface area contributed by atoms with Gasteiger partial charge in [-0.15, -0.1) is 0 Å². The normalized spacial score (nSPS) is 14.6. The van der Waals surface area contributed by atoms with Crippen LogP contribution in [-0.4, -0.2) is 13.2 Å². The summed E-state index contributed by atoms with van der Waals surface area (Å²) < 4.78 is 25.1. The lowest BCUT2D eigenvalue weighted by molar-refractivity contribution is 0.279. The number of rotatable bonds is 7. The van der Waals surface area contributed by atoms with E-state index in [0.717, 1.165) is 5.56 Å². The van der Waals surface area contributed by atoms with Crippen molar-refractivity contribution in [3.63, 3.8) is 0 Å². The molecule has 6 heteroatoms. The molecule has 1 aliphatic rings. The van der Waals surface area contributed by atoms with E-state index in [-0.39, 0.29) is 6.61 Å². The Morgan fingerprint density at radius 1 is 1.12 bits per heavy atom. The lowest BCUT2D eigenvalue weighted by Crippen LogP contribution is -2.25. The predicted octanol–water partition coefficient (Wildman–Crippen LogP) is 5.75. The van der Waals surface area contributed by atoms with Crippen LogP contribution >= 0.6 is 23.2 Å². The molecule has 140 valence electrons. The second kappa shape index (κ2) is 8.94. The molecule has 0 aromatic heterocycles. The Hall–Kier alpha value is -1.49. The minimum absolute atomic E-state index is 0.00212. The van der Waals surface area contributed by atoms with Crippen LogP contribution in [0.4, 0.5) is 4.39 Å². The van der Waals surface area contributed by atoms with Crippen LogP contribution in [0, 0.1) is 5.82 Å². The van der Waals surface area contributed by atoms with Crippen molar-refractivity contribution < 1.29 is 13.9 Å². The number of halogens is 3. The Labute approximate surface area is 163 Å². The molecule has 0 heterocycles. The highest BCUT2D eigenvalue weighted by atomic mass is 35.5. The first kappa shape index (κ1) is 19.3. The van der Waals surface area contributed by atoms with Gasteiger partial charge in [0.05, 0.1) is 12.1 Å². The molecular formula is C20H22Cl2FNO2. The van der Waals surface area contributed by atoms with Crippen molar-refractivity contribution >= 4 is 23.2 Å². The lowest BCUT2D eigenvalue weighted by atomic mass is 10.1. The molecule has 0 spiro atoms. The van der Waals surface area contributed by atoms with Crippen LogP contribution < -0.4 is 14.8 Å². The van der Waals surface area contributed by atoms with E-state index in [1.54, 1.807) is 25.3 Å². The fourth-order valence-electron chi connectivity index (χ4n) is 3.19. The fraction of sp³-hybridized carbons (Fsp3) is 0.400. The molecule has 1 aliphatic carbocycles. The van der Waals surface area contributed by atoms with Gasteiger partial charge in [0, 0.05) is 29.2 Å². The minimum atomic E-state index is -0.403. The van der Waals surface area contributed by atoms with Gasteiger partial charge >= 0.3 is 0 Å². The highest BCUT2D eigenvalue weighted by molar-refractivity contribution is 6.31. The van der Waals surface area contributed by atoms with Crippen molar-refractivity contribution in [2.24, 2.45) is 0 Å². The average molecular weight is 398 g/mol. The van der Waals surface area contributed by atoms with Crippen molar-refractivity contribution in [1.82, 2.24) is 5.32 Å². The first-order valence-electron chi connectivity index (χ1n) is 8.74. The summed E-state index contributed by atoms with van der Waals surface area (Å²) in [6.45, 7) is 0.678. The fourth-order valence-corrected chi connectivity index (χ4v) is 3.63. The molecular weight excluding hydrogens is 376 g/mol. The Bertz CT molecular complexity index is 743. The number of hydrogen-bond acceptors (Lipinski definition) is 3. The summed E-state index contributed by atoms with van der Waals surface area (Å²) in [5, 5.41) is 4.45. The van der Waals surface area contributed by atoms with Crippen molar-refractivity contribution in [2.45, 2.75) is 44.9 Å². The van der Waals surface area contributed by atoms with Gasteiger partial charge in [0.15, 0.2) is 11.5 Å². The van der Waals surface area contributed by atoms with E-state index in [1.165, 1.54) is 31.7 Å². The lowest BCUT2D eigenvalue weighted by Gasteiger charge is -2.16. The summed E-state index contributed by atoms with van der Waals surface area (Å²) in [6.07, 6.45) is 4.97. The van der Waals surface area contributed by atoms with Crippen molar-refractivity contribution in [3.8, 4) is 11.5 Å². The van der Waals surface area contributed by atoms with Gasteiger partial charge in [-0.25, -0.2) is 4.39 Å². The second-order valence-corrected chi connectivity index (χ2v) is 7.26. The third-order valence-electron chi connectivity index (χ3n) is 4.70. The molecule has 0 aliphatic heterocycles. The van der Waals surface area contributed by atoms with Gasteiger partial charge in [-0.2, -0.15) is 0 Å². The second-order valence-electron chi connectivity index (χ2n) is 6.45. The molecule has 1 N–H and O–H groups in total. The molecule has 2 aromatic rings. The Balaban J connectivity index is 1.71. The summed E-state index contributed by atoms with van der Waals surface area (Å²) in [7, 11) is 1.57. The molecule has 3 nitrogen and oxygen atoms in total. The van der Waals surface area contributed by atoms with Crippen LogP contribution in [0.15, 0.2) is 30.3 Å². The molecule has 0 unspecified atom stereocenters. The summed E-state index contributed by atoms with van der Waals surface area (Å²) in [5.74, 6) is 0.617. The zero-order chi connectivity index (χ0) is 18.5. The quantitative estimate of drug-likeness (QED) is 0.644. The molecule has 0 atom stereocenters. The Kier molecular flexibility index (Phi) is 6.63. The van der Waals surface area contributed by atoms with E-state index in [2.05, 4.69) is 5.32 Å². The first-order chi connectivity index (χ1) is 12.6. The Morgan fingerprint density at radius 2 is 1.88 bits per heavy atom. The largest absolute Gasteiger partial charge is 0.493 e. The third-order valence-corrected chi connectivity index (χ3v) is 5.41. The van der Waals surface area contributed by atoms with Crippen molar-refractivity contribution in [3.05, 3.63) is 57.3 Å². The summed E-state index contributed by atoms with van der Waals surface area (Å²) >= 11 is 12.5. The highest BCUT2D eigenvalue weighted by Gasteiger charge is 2.17. The summed E-state index contributed by atoms with van der Waals surface area (Å²) in [6, 6.07) is 8.67. The van der Waals surface area contributed by atoms with E-state index in [4.69, 9.17) is 32.7 Å². The molecule has 0 bridgehead atoms. The van der Waals surface area contributed by atoms with Gasteiger partial charge in [0.2, 0.25) is 0 Å². The SMILES string of the molecule is COc1cc(CNC2CCCC2)c(Cl)cc1OCc1c(F)cccc1Cl. The van der Waals surface area contributed by atoms with Crippen LogP contribution in [0.1, 0.15) is 36.8 Å². The molecule has 0 saturated heterocycles. The Morgan fingerprint density at radius 3 is 2.58 bits per heavy atom. The van der Waals surface area contributed by atoms with E-state index in [9.17, 15) is 4.39 Å². The third kappa shape index (κ3) is 4.61. The smallest absolute Gasteiger partial charge is 0.163 e. The maximum absolute atomic E-state index is 13.9. The van der Waals surface area contributed by atoms with Crippen LogP contribution in [-0.2, 0) is 13.2 Å². The van der Waals surface area contributed by atoms with Crippen LogP contribution in [0.3, 0.4) is 0 Å².